The van der Waals surface area contributed by atoms with Gasteiger partial charge in [0, 0.05) is 0 Å². The van der Waals surface area contributed by atoms with Gasteiger partial charge in [-0.25, -0.2) is 4.39 Å². The fourth-order valence-corrected chi connectivity index (χ4v) is 2.33. The van der Waals surface area contributed by atoms with Crippen LogP contribution in [-0.4, -0.2) is 17.7 Å². The maximum absolute atomic E-state index is 13.0. The second kappa shape index (κ2) is 4.45. The number of carbonyl (C=O) groups is 1. The van der Waals surface area contributed by atoms with Gasteiger partial charge in [0.15, 0.2) is 0 Å². The smallest absolute Gasteiger partial charge is 0.309 e. The summed E-state index contributed by atoms with van der Waals surface area (Å²) >= 11 is 0. The Morgan fingerprint density at radius 2 is 2.35 bits per heavy atom. The van der Waals surface area contributed by atoms with E-state index in [4.69, 9.17) is 4.74 Å². The number of rotatable bonds is 3. The Kier molecular flexibility index (Phi) is 3.15. The van der Waals surface area contributed by atoms with Crippen molar-refractivity contribution in [2.45, 2.75) is 31.8 Å². The topological polar surface area (TPSA) is 46.5 Å². The summed E-state index contributed by atoms with van der Waals surface area (Å²) in [6, 6.07) is 4.27. The van der Waals surface area contributed by atoms with Gasteiger partial charge in [-0.2, -0.15) is 0 Å². The van der Waals surface area contributed by atoms with Crippen LogP contribution in [0.3, 0.4) is 0 Å². The van der Waals surface area contributed by atoms with E-state index in [1.165, 1.54) is 12.1 Å². The van der Waals surface area contributed by atoms with E-state index in [1.54, 1.807) is 13.0 Å². The molecule has 0 saturated carbocycles. The maximum Gasteiger partial charge on any atom is 0.309 e. The van der Waals surface area contributed by atoms with Gasteiger partial charge >= 0.3 is 5.97 Å². The lowest BCUT2D eigenvalue weighted by Gasteiger charge is -2.22. The molecule has 0 spiro atoms. The molecule has 0 bridgehead atoms. The van der Waals surface area contributed by atoms with Crippen molar-refractivity contribution in [3.05, 3.63) is 35.1 Å². The van der Waals surface area contributed by atoms with E-state index in [0.717, 1.165) is 5.56 Å². The number of esters is 1. The third-order valence-electron chi connectivity index (χ3n) is 3.12. The molecular formula is C13H15FO3. The number of benzene rings is 1. The Morgan fingerprint density at radius 3 is 3.06 bits per heavy atom. The Balaban J connectivity index is 2.22. The van der Waals surface area contributed by atoms with E-state index in [9.17, 15) is 14.3 Å². The van der Waals surface area contributed by atoms with Gasteiger partial charge in [-0.1, -0.05) is 6.07 Å². The van der Waals surface area contributed by atoms with Crippen molar-refractivity contribution in [3.8, 4) is 0 Å². The van der Waals surface area contributed by atoms with Crippen LogP contribution < -0.4 is 0 Å². The van der Waals surface area contributed by atoms with Crippen LogP contribution >= 0.6 is 0 Å². The van der Waals surface area contributed by atoms with Gasteiger partial charge in [-0.05, 0) is 43.0 Å². The number of hydrogen-bond donors (Lipinski definition) is 1. The Morgan fingerprint density at radius 1 is 1.59 bits per heavy atom. The van der Waals surface area contributed by atoms with Crippen LogP contribution in [-0.2, 0) is 21.6 Å². The molecule has 0 fully saturated rings. The standard InChI is InChI=1S/C13H15FO3/c1-2-17-12(15)8-13(16)6-5-9-7-10(14)3-4-11(9)13/h3-4,7,16H,2,5-6,8H2,1H3/t13-/m0/s1. The van der Waals surface area contributed by atoms with Gasteiger partial charge in [0.25, 0.3) is 0 Å². The molecule has 0 amide bonds. The number of fused-ring (bicyclic) bond motifs is 1. The van der Waals surface area contributed by atoms with Crippen LogP contribution in [0.25, 0.3) is 0 Å². The molecule has 0 aromatic heterocycles. The monoisotopic (exact) mass is 238 g/mol. The fourth-order valence-electron chi connectivity index (χ4n) is 2.33. The van der Waals surface area contributed by atoms with E-state index >= 15 is 0 Å². The van der Waals surface area contributed by atoms with Gasteiger partial charge in [-0.15, -0.1) is 0 Å². The molecule has 1 N–H and O–H groups in total. The first-order chi connectivity index (χ1) is 8.05. The summed E-state index contributed by atoms with van der Waals surface area (Å²) in [4.78, 5) is 11.4. The van der Waals surface area contributed by atoms with E-state index in [-0.39, 0.29) is 12.2 Å². The van der Waals surface area contributed by atoms with E-state index in [2.05, 4.69) is 0 Å². The van der Waals surface area contributed by atoms with E-state index in [0.29, 0.717) is 25.0 Å². The Hall–Kier alpha value is -1.42. The van der Waals surface area contributed by atoms with Gasteiger partial charge in [0.1, 0.15) is 11.4 Å². The SMILES string of the molecule is CCOC(=O)C[C@@]1(O)CCc2cc(F)ccc21. The number of ether oxygens (including phenoxy) is 1. The van der Waals surface area contributed by atoms with E-state index < -0.39 is 11.6 Å². The second-order valence-electron chi connectivity index (χ2n) is 4.31. The summed E-state index contributed by atoms with van der Waals surface area (Å²) in [6.07, 6.45) is 0.951. The van der Waals surface area contributed by atoms with Crippen molar-refractivity contribution in [2.75, 3.05) is 6.61 Å². The molecule has 0 saturated heterocycles. The molecule has 1 aromatic rings. The van der Waals surface area contributed by atoms with Gasteiger partial charge in [0.2, 0.25) is 0 Å². The lowest BCUT2D eigenvalue weighted by atomic mass is 9.92. The average molecular weight is 238 g/mol. The summed E-state index contributed by atoms with van der Waals surface area (Å²) in [7, 11) is 0. The molecular weight excluding hydrogens is 223 g/mol. The fraction of sp³-hybridized carbons (Fsp3) is 0.462. The van der Waals surface area contributed by atoms with Crippen molar-refractivity contribution in [2.24, 2.45) is 0 Å². The molecule has 0 radical (unpaired) electrons. The van der Waals surface area contributed by atoms with Gasteiger partial charge in [-0.3, -0.25) is 4.79 Å². The van der Waals surface area contributed by atoms with Crippen LogP contribution in [0, 0.1) is 5.82 Å². The zero-order valence-electron chi connectivity index (χ0n) is 9.70. The highest BCUT2D eigenvalue weighted by molar-refractivity contribution is 5.71. The molecule has 3 nitrogen and oxygen atoms in total. The van der Waals surface area contributed by atoms with Gasteiger partial charge in [0.05, 0.1) is 13.0 Å². The summed E-state index contributed by atoms with van der Waals surface area (Å²) in [5, 5.41) is 10.4. The van der Waals surface area contributed by atoms with E-state index in [1.807, 2.05) is 0 Å². The second-order valence-corrected chi connectivity index (χ2v) is 4.31. The molecule has 1 aromatic carbocycles. The van der Waals surface area contributed by atoms with Crippen LogP contribution in [0.1, 0.15) is 30.9 Å². The third kappa shape index (κ3) is 2.31. The number of halogens is 1. The summed E-state index contributed by atoms with van der Waals surface area (Å²) < 4.78 is 17.9. The highest BCUT2D eigenvalue weighted by Crippen LogP contribution is 2.39. The number of aryl methyl sites for hydroxylation is 1. The predicted molar refractivity (Wildman–Crippen MR) is 59.9 cm³/mol. The summed E-state index contributed by atoms with van der Waals surface area (Å²) in [5.41, 5.74) is 0.221. The molecule has 0 unspecified atom stereocenters. The average Bonchev–Trinajstić information content (AvgIpc) is 2.56. The highest BCUT2D eigenvalue weighted by atomic mass is 19.1. The molecule has 1 aliphatic carbocycles. The summed E-state index contributed by atoms with van der Waals surface area (Å²) in [5.74, 6) is -0.740. The number of aliphatic hydroxyl groups is 1. The minimum Gasteiger partial charge on any atom is -0.466 e. The first-order valence-electron chi connectivity index (χ1n) is 5.72. The zero-order valence-corrected chi connectivity index (χ0v) is 9.70. The van der Waals surface area contributed by atoms with Crippen LogP contribution in [0.5, 0.6) is 0 Å². The molecule has 92 valence electrons. The quantitative estimate of drug-likeness (QED) is 0.818. The van der Waals surface area contributed by atoms with Crippen molar-refractivity contribution in [1.29, 1.82) is 0 Å². The first-order valence-corrected chi connectivity index (χ1v) is 5.72. The Labute approximate surface area is 99.2 Å². The molecule has 0 aliphatic heterocycles. The van der Waals surface area contributed by atoms with Gasteiger partial charge < -0.3 is 9.84 Å². The minimum absolute atomic E-state index is 0.0700. The molecule has 1 aliphatic rings. The summed E-state index contributed by atoms with van der Waals surface area (Å²) in [6.45, 7) is 2.02. The molecule has 1 atom stereocenters. The lowest BCUT2D eigenvalue weighted by Crippen LogP contribution is -2.27. The zero-order chi connectivity index (χ0) is 12.5. The van der Waals surface area contributed by atoms with Crippen molar-refractivity contribution >= 4 is 5.97 Å². The molecule has 2 rings (SSSR count). The highest BCUT2D eigenvalue weighted by Gasteiger charge is 2.39. The van der Waals surface area contributed by atoms with Crippen molar-refractivity contribution in [3.63, 3.8) is 0 Å². The normalized spacial score (nSPS) is 22.3. The Bertz CT molecular complexity index is 444. The van der Waals surface area contributed by atoms with Crippen molar-refractivity contribution < 1.29 is 19.0 Å². The van der Waals surface area contributed by atoms with Crippen LogP contribution in [0.15, 0.2) is 18.2 Å². The molecule has 0 heterocycles. The predicted octanol–water partition coefficient (Wildman–Crippen LogP) is 1.91. The number of carbonyl (C=O) groups excluding carboxylic acids is 1. The molecule has 4 heteroatoms. The first kappa shape index (κ1) is 12.0. The maximum atomic E-state index is 13.0. The number of hydrogen-bond acceptors (Lipinski definition) is 3. The van der Waals surface area contributed by atoms with Crippen molar-refractivity contribution in [1.82, 2.24) is 0 Å². The minimum atomic E-state index is -1.20. The lowest BCUT2D eigenvalue weighted by molar-refractivity contribution is -0.149. The largest absolute Gasteiger partial charge is 0.466 e. The van der Waals surface area contributed by atoms with Crippen LogP contribution in [0.4, 0.5) is 4.39 Å². The third-order valence-corrected chi connectivity index (χ3v) is 3.12. The molecule has 17 heavy (non-hydrogen) atoms. The van der Waals surface area contributed by atoms with Crippen LogP contribution in [0.2, 0.25) is 0 Å².